The summed E-state index contributed by atoms with van der Waals surface area (Å²) < 4.78 is 0.933. The summed E-state index contributed by atoms with van der Waals surface area (Å²) in [6, 6.07) is 4.22. The molecule has 0 fully saturated rings. The molecule has 19 heavy (non-hydrogen) atoms. The lowest BCUT2D eigenvalue weighted by molar-refractivity contribution is -0.394. The maximum absolute atomic E-state index is 11.9. The van der Waals surface area contributed by atoms with Gasteiger partial charge in [0.15, 0.2) is 0 Å². The fourth-order valence-electron chi connectivity index (χ4n) is 1.45. The molecule has 0 unspecified atom stereocenters. The Balaban J connectivity index is 2.53. The Morgan fingerprint density at radius 2 is 1.68 bits per heavy atom. The molecule has 0 N–H and O–H groups in total. The van der Waals surface area contributed by atoms with Gasteiger partial charge in [0.2, 0.25) is 0 Å². The first-order chi connectivity index (χ1) is 8.99. The molecule has 0 spiro atoms. The van der Waals surface area contributed by atoms with Gasteiger partial charge in [-0.25, -0.2) is 4.68 Å². The third-order valence-electron chi connectivity index (χ3n) is 2.28. The van der Waals surface area contributed by atoms with Crippen LogP contribution in [0, 0.1) is 20.2 Å². The predicted octanol–water partition coefficient (Wildman–Crippen LogP) is 1.39. The molecule has 1 heterocycles. The minimum absolute atomic E-state index is 0.176. The second kappa shape index (κ2) is 4.64. The summed E-state index contributed by atoms with van der Waals surface area (Å²) in [5, 5.41) is 25.0. The van der Waals surface area contributed by atoms with E-state index in [1.165, 1.54) is 18.5 Å². The van der Waals surface area contributed by atoms with Crippen LogP contribution in [0.3, 0.4) is 0 Å². The number of aromatic nitrogens is 2. The Labute approximate surface area is 105 Å². The van der Waals surface area contributed by atoms with Crippen molar-refractivity contribution in [3.05, 3.63) is 62.5 Å². The van der Waals surface area contributed by atoms with Gasteiger partial charge in [-0.15, -0.1) is 0 Å². The third kappa shape index (κ3) is 2.44. The molecule has 1 aromatic carbocycles. The van der Waals surface area contributed by atoms with E-state index in [0.29, 0.717) is 0 Å². The molecule has 0 aliphatic rings. The van der Waals surface area contributed by atoms with E-state index in [0.717, 1.165) is 22.9 Å². The van der Waals surface area contributed by atoms with Gasteiger partial charge in [-0.2, -0.15) is 5.10 Å². The molecule has 0 bridgehead atoms. The van der Waals surface area contributed by atoms with Gasteiger partial charge in [-0.05, 0) is 6.07 Å². The molecule has 9 nitrogen and oxygen atoms in total. The van der Waals surface area contributed by atoms with E-state index >= 15 is 0 Å². The Hall–Kier alpha value is -3.10. The highest BCUT2D eigenvalue weighted by Gasteiger charge is 2.20. The van der Waals surface area contributed by atoms with Crippen LogP contribution >= 0.6 is 0 Å². The predicted molar refractivity (Wildman–Crippen MR) is 61.7 cm³/mol. The fourth-order valence-corrected chi connectivity index (χ4v) is 1.45. The lowest BCUT2D eigenvalue weighted by Gasteiger charge is -2.01. The van der Waals surface area contributed by atoms with E-state index in [9.17, 15) is 25.0 Å². The van der Waals surface area contributed by atoms with Gasteiger partial charge in [0.1, 0.15) is 0 Å². The van der Waals surface area contributed by atoms with Crippen molar-refractivity contribution in [1.82, 2.24) is 9.78 Å². The molecule has 96 valence electrons. The quantitative estimate of drug-likeness (QED) is 0.608. The molecule has 0 saturated carbocycles. The first-order valence-electron chi connectivity index (χ1n) is 4.97. The summed E-state index contributed by atoms with van der Waals surface area (Å²) in [7, 11) is 0. The van der Waals surface area contributed by atoms with Gasteiger partial charge in [0, 0.05) is 24.5 Å². The van der Waals surface area contributed by atoms with Crippen LogP contribution in [-0.2, 0) is 0 Å². The molecule has 0 amide bonds. The minimum Gasteiger partial charge on any atom is -0.267 e. The normalized spacial score (nSPS) is 10.1. The molecule has 0 atom stereocenters. The molecular weight excluding hydrogens is 256 g/mol. The second-order valence-corrected chi connectivity index (χ2v) is 3.51. The molecular formula is C10H6N4O5. The molecule has 2 rings (SSSR count). The SMILES string of the molecule is O=C(c1cc([N+](=O)[O-])cc([N+](=O)[O-])c1)n1cccn1. The van der Waals surface area contributed by atoms with Crippen molar-refractivity contribution < 1.29 is 14.6 Å². The number of nitro benzene ring substituents is 2. The first-order valence-corrected chi connectivity index (χ1v) is 4.97. The van der Waals surface area contributed by atoms with Crippen LogP contribution in [-0.4, -0.2) is 25.5 Å². The van der Waals surface area contributed by atoms with Gasteiger partial charge < -0.3 is 0 Å². The van der Waals surface area contributed by atoms with Crippen molar-refractivity contribution in [3.63, 3.8) is 0 Å². The van der Waals surface area contributed by atoms with Crippen LogP contribution in [0.4, 0.5) is 11.4 Å². The number of rotatable bonds is 3. The highest BCUT2D eigenvalue weighted by molar-refractivity contribution is 5.96. The highest BCUT2D eigenvalue weighted by atomic mass is 16.6. The summed E-state index contributed by atoms with van der Waals surface area (Å²) >= 11 is 0. The van der Waals surface area contributed by atoms with E-state index in [1.54, 1.807) is 0 Å². The number of carbonyl (C=O) groups is 1. The number of hydrogen-bond donors (Lipinski definition) is 0. The first kappa shape index (κ1) is 12.4. The van der Waals surface area contributed by atoms with Crippen molar-refractivity contribution in [2.45, 2.75) is 0 Å². The van der Waals surface area contributed by atoms with Crippen LogP contribution in [0.5, 0.6) is 0 Å². The molecule has 0 saturated heterocycles. The third-order valence-corrected chi connectivity index (χ3v) is 2.28. The van der Waals surface area contributed by atoms with Gasteiger partial charge in [0.25, 0.3) is 17.3 Å². The highest BCUT2D eigenvalue weighted by Crippen LogP contribution is 2.23. The molecule has 1 aromatic heterocycles. The molecule has 2 aromatic rings. The van der Waals surface area contributed by atoms with Crippen LogP contribution in [0.1, 0.15) is 10.4 Å². The maximum Gasteiger partial charge on any atom is 0.278 e. The smallest absolute Gasteiger partial charge is 0.267 e. The van der Waals surface area contributed by atoms with Crippen molar-refractivity contribution in [2.24, 2.45) is 0 Å². The average molecular weight is 262 g/mol. The lowest BCUT2D eigenvalue weighted by atomic mass is 10.1. The monoisotopic (exact) mass is 262 g/mol. The number of nitro groups is 2. The summed E-state index contributed by atoms with van der Waals surface area (Å²) in [5.41, 5.74) is -1.22. The van der Waals surface area contributed by atoms with Crippen LogP contribution in [0.15, 0.2) is 36.7 Å². The Bertz CT molecular complexity index is 632. The van der Waals surface area contributed by atoms with Crippen LogP contribution in [0.2, 0.25) is 0 Å². The Morgan fingerprint density at radius 3 is 2.11 bits per heavy atom. The van der Waals surface area contributed by atoms with Crippen molar-refractivity contribution in [3.8, 4) is 0 Å². The van der Waals surface area contributed by atoms with E-state index in [-0.39, 0.29) is 5.56 Å². The summed E-state index contributed by atoms with van der Waals surface area (Å²) in [5.74, 6) is -0.684. The fraction of sp³-hybridized carbons (Fsp3) is 0. The summed E-state index contributed by atoms with van der Waals surface area (Å²) in [6.07, 6.45) is 2.69. The van der Waals surface area contributed by atoms with Crippen molar-refractivity contribution in [1.29, 1.82) is 0 Å². The zero-order valence-electron chi connectivity index (χ0n) is 9.29. The summed E-state index contributed by atoms with van der Waals surface area (Å²) in [6.45, 7) is 0. The second-order valence-electron chi connectivity index (χ2n) is 3.51. The molecule has 0 aliphatic carbocycles. The summed E-state index contributed by atoms with van der Waals surface area (Å²) in [4.78, 5) is 31.7. The Morgan fingerprint density at radius 1 is 1.11 bits per heavy atom. The largest absolute Gasteiger partial charge is 0.278 e. The van der Waals surface area contributed by atoms with E-state index in [2.05, 4.69) is 5.10 Å². The van der Waals surface area contributed by atoms with Crippen molar-refractivity contribution in [2.75, 3.05) is 0 Å². The van der Waals surface area contributed by atoms with Crippen LogP contribution < -0.4 is 0 Å². The van der Waals surface area contributed by atoms with Gasteiger partial charge >= 0.3 is 0 Å². The van der Waals surface area contributed by atoms with Crippen LogP contribution in [0.25, 0.3) is 0 Å². The number of nitrogens with zero attached hydrogens (tertiary/aromatic N) is 4. The zero-order chi connectivity index (χ0) is 14.0. The molecule has 9 heteroatoms. The van der Waals surface area contributed by atoms with Gasteiger partial charge in [0.05, 0.1) is 21.5 Å². The maximum atomic E-state index is 11.9. The molecule has 0 aliphatic heterocycles. The van der Waals surface area contributed by atoms with Crippen molar-refractivity contribution >= 4 is 17.3 Å². The lowest BCUT2D eigenvalue weighted by Crippen LogP contribution is -2.13. The number of non-ortho nitro benzene ring substituents is 2. The molecule has 0 radical (unpaired) electrons. The van der Waals surface area contributed by atoms with E-state index in [4.69, 9.17) is 0 Å². The van der Waals surface area contributed by atoms with E-state index < -0.39 is 27.1 Å². The standard InChI is InChI=1S/C10H6N4O5/c15-10(12-3-1-2-11-12)7-4-8(13(16)17)6-9(5-7)14(18)19/h1-6H. The van der Waals surface area contributed by atoms with Gasteiger partial charge in [-0.1, -0.05) is 0 Å². The Kier molecular flexibility index (Phi) is 3.02. The number of benzene rings is 1. The van der Waals surface area contributed by atoms with E-state index in [1.807, 2.05) is 0 Å². The average Bonchev–Trinajstić information content (AvgIpc) is 2.91. The number of carbonyl (C=O) groups excluding carboxylic acids is 1. The number of hydrogen-bond acceptors (Lipinski definition) is 6. The topological polar surface area (TPSA) is 121 Å². The minimum atomic E-state index is -0.799. The zero-order valence-corrected chi connectivity index (χ0v) is 9.29. The van der Waals surface area contributed by atoms with Gasteiger partial charge in [-0.3, -0.25) is 25.0 Å².